The van der Waals surface area contributed by atoms with Gasteiger partial charge in [-0.05, 0) is 17.7 Å². The second-order valence-electron chi connectivity index (χ2n) is 6.47. The number of aliphatic imine (C=N–C) groups is 1. The van der Waals surface area contributed by atoms with Crippen molar-refractivity contribution in [2.75, 3.05) is 11.9 Å². The maximum Gasteiger partial charge on any atom is 0.331 e. The van der Waals surface area contributed by atoms with Crippen LogP contribution in [0.2, 0.25) is 0 Å². The van der Waals surface area contributed by atoms with Gasteiger partial charge in [0.1, 0.15) is 0 Å². The van der Waals surface area contributed by atoms with Crippen molar-refractivity contribution in [3.63, 3.8) is 0 Å². The number of alkyl halides is 2. The van der Waals surface area contributed by atoms with Crippen molar-refractivity contribution in [1.82, 2.24) is 14.7 Å². The number of rotatable bonds is 5. The third-order valence-corrected chi connectivity index (χ3v) is 4.67. The molecule has 0 radical (unpaired) electrons. The maximum atomic E-state index is 12.3. The number of halogens is 2. The molecule has 0 saturated carbocycles. The van der Waals surface area contributed by atoms with Crippen LogP contribution in [-0.2, 0) is 24.8 Å². The minimum atomic E-state index is -2.78. The number of nitrogens with one attached hydrogen (secondary N) is 1. The smallest absolute Gasteiger partial charge is 0.331 e. The first-order chi connectivity index (χ1) is 13.4. The summed E-state index contributed by atoms with van der Waals surface area (Å²) in [5, 5.41) is 7.81. The molecule has 0 bridgehead atoms. The lowest BCUT2D eigenvalue weighted by Gasteiger charge is -2.26. The zero-order chi connectivity index (χ0) is 20.3. The number of hydrogen-bond donors (Lipinski definition) is 2. The molecule has 7 nitrogen and oxygen atoms in total. The minimum Gasteiger partial charge on any atom is -0.404 e. The quantitative estimate of drug-likeness (QED) is 0.609. The summed E-state index contributed by atoms with van der Waals surface area (Å²) in [6.45, 7) is -0.0126. The largest absolute Gasteiger partial charge is 0.404 e. The number of aryl methyl sites for hydroxylation is 1. The van der Waals surface area contributed by atoms with Gasteiger partial charge in [0.15, 0.2) is 5.82 Å². The Hall–Kier alpha value is -3.23. The van der Waals surface area contributed by atoms with E-state index in [-0.39, 0.29) is 5.91 Å². The molecule has 0 aliphatic carbocycles. The summed E-state index contributed by atoms with van der Waals surface area (Å²) in [6, 6.07) is 7.13. The zero-order valence-corrected chi connectivity index (χ0v) is 15.7. The first-order valence-electron chi connectivity index (χ1n) is 8.80. The van der Waals surface area contributed by atoms with Crippen LogP contribution in [-0.4, -0.2) is 39.9 Å². The highest BCUT2D eigenvalue weighted by Crippen LogP contribution is 2.28. The molecule has 1 aromatic heterocycles. The molecule has 2 aromatic rings. The Bertz CT molecular complexity index is 917. The summed E-state index contributed by atoms with van der Waals surface area (Å²) in [5.41, 5.74) is 9.47. The summed E-state index contributed by atoms with van der Waals surface area (Å²) in [6.07, 6.45) is 3.05. The molecule has 1 amide bonds. The van der Waals surface area contributed by atoms with E-state index in [0.717, 1.165) is 29.6 Å². The van der Waals surface area contributed by atoms with E-state index in [0.29, 0.717) is 30.0 Å². The normalized spacial score (nSPS) is 14.6. The number of carbonyl (C=O) groups excluding carboxylic acids is 1. The standard InChI is InChI=1S/C19H22F2N6O/c1-12(28)27-8-7-17-16(11-27)18(25-26(17)2)24-15-5-3-13(4-6-15)14(9-22)10-23-19(20)21/h3-6,9-10,19H,7-8,11,22H2,1-2H3,(H,24,25). The second-order valence-corrected chi connectivity index (χ2v) is 6.47. The monoisotopic (exact) mass is 388 g/mol. The molecule has 148 valence electrons. The molecule has 2 heterocycles. The van der Waals surface area contributed by atoms with E-state index in [1.807, 2.05) is 23.9 Å². The number of amides is 1. The van der Waals surface area contributed by atoms with Gasteiger partial charge in [0, 0.05) is 61.9 Å². The molecule has 1 aliphatic rings. The van der Waals surface area contributed by atoms with Crippen molar-refractivity contribution >= 4 is 29.2 Å². The number of fused-ring (bicyclic) bond motifs is 1. The van der Waals surface area contributed by atoms with Crippen molar-refractivity contribution in [3.8, 4) is 0 Å². The molecule has 0 fully saturated rings. The van der Waals surface area contributed by atoms with Gasteiger partial charge in [-0.2, -0.15) is 13.9 Å². The average molecular weight is 388 g/mol. The van der Waals surface area contributed by atoms with E-state index in [4.69, 9.17) is 5.73 Å². The van der Waals surface area contributed by atoms with Crippen molar-refractivity contribution in [2.45, 2.75) is 26.4 Å². The fourth-order valence-corrected chi connectivity index (χ4v) is 3.19. The van der Waals surface area contributed by atoms with E-state index in [1.54, 1.807) is 24.0 Å². The Morgan fingerprint density at radius 1 is 1.36 bits per heavy atom. The number of allylic oxidation sites excluding steroid dienone is 1. The predicted molar refractivity (Wildman–Crippen MR) is 104 cm³/mol. The lowest BCUT2D eigenvalue weighted by Crippen LogP contribution is -2.34. The van der Waals surface area contributed by atoms with E-state index in [1.165, 1.54) is 6.20 Å². The van der Waals surface area contributed by atoms with Gasteiger partial charge in [0.05, 0.1) is 6.54 Å². The number of nitrogens with two attached hydrogens (primary N) is 1. The molecule has 0 atom stereocenters. The van der Waals surface area contributed by atoms with E-state index in [2.05, 4.69) is 15.4 Å². The van der Waals surface area contributed by atoms with Crippen LogP contribution in [0.15, 0.2) is 35.5 Å². The molecule has 1 aliphatic heterocycles. The zero-order valence-electron chi connectivity index (χ0n) is 15.7. The van der Waals surface area contributed by atoms with Gasteiger partial charge in [-0.3, -0.25) is 9.48 Å². The van der Waals surface area contributed by atoms with Crippen LogP contribution in [0, 0.1) is 0 Å². The average Bonchev–Trinajstić information content (AvgIpc) is 2.98. The van der Waals surface area contributed by atoms with E-state index in [9.17, 15) is 13.6 Å². The minimum absolute atomic E-state index is 0.0383. The van der Waals surface area contributed by atoms with Gasteiger partial charge in [-0.25, -0.2) is 4.99 Å². The van der Waals surface area contributed by atoms with Crippen molar-refractivity contribution in [1.29, 1.82) is 0 Å². The Morgan fingerprint density at radius 2 is 2.07 bits per heavy atom. The number of carbonyl (C=O) groups is 1. The van der Waals surface area contributed by atoms with Gasteiger partial charge in [-0.15, -0.1) is 0 Å². The fourth-order valence-electron chi connectivity index (χ4n) is 3.19. The first kappa shape index (κ1) is 19.5. The molecule has 1 aromatic carbocycles. The van der Waals surface area contributed by atoms with Gasteiger partial charge >= 0.3 is 6.55 Å². The summed E-state index contributed by atoms with van der Waals surface area (Å²) >= 11 is 0. The van der Waals surface area contributed by atoms with Crippen molar-refractivity contribution in [3.05, 3.63) is 47.3 Å². The van der Waals surface area contributed by atoms with Crippen LogP contribution in [0.4, 0.5) is 20.3 Å². The number of hydrogen-bond acceptors (Lipinski definition) is 5. The third kappa shape index (κ3) is 4.19. The number of nitrogens with zero attached hydrogens (tertiary/aromatic N) is 4. The number of aromatic nitrogens is 2. The van der Waals surface area contributed by atoms with Crippen LogP contribution >= 0.6 is 0 Å². The Balaban J connectivity index is 1.79. The molecule has 0 spiro atoms. The topological polar surface area (TPSA) is 88.5 Å². The van der Waals surface area contributed by atoms with Gasteiger partial charge in [0.25, 0.3) is 0 Å². The highest BCUT2D eigenvalue weighted by atomic mass is 19.3. The highest BCUT2D eigenvalue weighted by molar-refractivity contribution is 6.09. The van der Waals surface area contributed by atoms with Crippen LogP contribution < -0.4 is 11.1 Å². The molecular weight excluding hydrogens is 366 g/mol. The summed E-state index contributed by atoms with van der Waals surface area (Å²) in [4.78, 5) is 16.6. The van der Waals surface area contributed by atoms with Crippen LogP contribution in [0.1, 0.15) is 23.7 Å². The Kier molecular flexibility index (Phi) is 5.72. The Morgan fingerprint density at radius 3 is 2.68 bits per heavy atom. The third-order valence-electron chi connectivity index (χ3n) is 4.67. The molecule has 0 saturated heterocycles. The summed E-state index contributed by atoms with van der Waals surface area (Å²) in [5.74, 6) is 0.737. The van der Waals surface area contributed by atoms with E-state index >= 15 is 0 Å². The van der Waals surface area contributed by atoms with Crippen LogP contribution in [0.25, 0.3) is 5.57 Å². The van der Waals surface area contributed by atoms with Crippen LogP contribution in [0.5, 0.6) is 0 Å². The predicted octanol–water partition coefficient (Wildman–Crippen LogP) is 2.66. The first-order valence-corrected chi connectivity index (χ1v) is 8.80. The van der Waals surface area contributed by atoms with E-state index < -0.39 is 6.55 Å². The van der Waals surface area contributed by atoms with Crippen molar-refractivity contribution < 1.29 is 13.6 Å². The summed E-state index contributed by atoms with van der Waals surface area (Å²) < 4.78 is 26.4. The lowest BCUT2D eigenvalue weighted by atomic mass is 10.1. The van der Waals surface area contributed by atoms with Gasteiger partial charge in [-0.1, -0.05) is 12.1 Å². The molecule has 3 rings (SSSR count). The number of benzene rings is 1. The molecular formula is C19H22F2N6O. The number of anilines is 2. The fraction of sp³-hybridized carbons (Fsp3) is 0.316. The Labute approximate surface area is 161 Å². The van der Waals surface area contributed by atoms with Crippen LogP contribution in [0.3, 0.4) is 0 Å². The van der Waals surface area contributed by atoms with Gasteiger partial charge < -0.3 is 16.0 Å². The van der Waals surface area contributed by atoms with Crippen molar-refractivity contribution in [2.24, 2.45) is 17.8 Å². The SMILES string of the molecule is CC(=O)N1CCc2c(c(Nc3ccc(C(C=NC(F)F)=CN)cc3)nn2C)C1. The highest BCUT2D eigenvalue weighted by Gasteiger charge is 2.25. The summed E-state index contributed by atoms with van der Waals surface area (Å²) in [7, 11) is 1.89. The molecule has 9 heteroatoms. The second kappa shape index (κ2) is 8.20. The lowest BCUT2D eigenvalue weighted by molar-refractivity contribution is -0.129. The molecule has 3 N–H and O–H groups in total. The maximum absolute atomic E-state index is 12.3. The van der Waals surface area contributed by atoms with Gasteiger partial charge in [0.2, 0.25) is 5.91 Å². The molecule has 28 heavy (non-hydrogen) atoms. The molecule has 0 unspecified atom stereocenters.